The molecule has 1 saturated carbocycles. The molecular weight excluding hydrogens is 140 g/mol. The highest BCUT2D eigenvalue weighted by Gasteiger charge is 2.43. The fourth-order valence-electron chi connectivity index (χ4n) is 0.953. The van der Waals surface area contributed by atoms with Crippen molar-refractivity contribution in [1.29, 1.82) is 0 Å². The van der Waals surface area contributed by atoms with Crippen LogP contribution in [0.15, 0.2) is 12.7 Å². The average molecular weight is 154 g/mol. The van der Waals surface area contributed by atoms with Crippen LogP contribution in [0.4, 0.5) is 0 Å². The molecule has 0 aromatic heterocycles. The van der Waals surface area contributed by atoms with Gasteiger partial charge < -0.3 is 4.74 Å². The van der Waals surface area contributed by atoms with E-state index in [-0.39, 0.29) is 11.6 Å². The molecule has 0 aliphatic heterocycles. The number of esters is 1. The minimum absolute atomic E-state index is 0.0927. The minimum atomic E-state index is -0.272. The second-order valence-electron chi connectivity index (χ2n) is 2.99. The normalized spacial score (nSPS) is 19.0. The van der Waals surface area contributed by atoms with Crippen molar-refractivity contribution >= 4 is 5.97 Å². The molecule has 0 amide bonds. The molecule has 2 heteroatoms. The third-order valence-electron chi connectivity index (χ3n) is 1.89. The lowest BCUT2D eigenvalue weighted by atomic mass is 10.3. The second-order valence-corrected chi connectivity index (χ2v) is 2.99. The van der Waals surface area contributed by atoms with Crippen molar-refractivity contribution in [2.45, 2.75) is 38.2 Å². The monoisotopic (exact) mass is 154 g/mol. The molecule has 1 aliphatic rings. The molecule has 1 rings (SSSR count). The highest BCUT2D eigenvalue weighted by Crippen LogP contribution is 2.40. The highest BCUT2D eigenvalue weighted by molar-refractivity contribution is 5.70. The maximum atomic E-state index is 11.0. The Labute approximate surface area is 67.2 Å². The zero-order valence-electron chi connectivity index (χ0n) is 6.93. The van der Waals surface area contributed by atoms with Gasteiger partial charge >= 0.3 is 5.97 Å². The van der Waals surface area contributed by atoms with Gasteiger partial charge in [-0.15, -0.1) is 0 Å². The number of rotatable bonds is 4. The van der Waals surface area contributed by atoms with Gasteiger partial charge in [0.1, 0.15) is 5.60 Å². The summed E-state index contributed by atoms with van der Waals surface area (Å²) < 4.78 is 5.18. The van der Waals surface area contributed by atoms with Gasteiger partial charge in [0.2, 0.25) is 0 Å². The van der Waals surface area contributed by atoms with Crippen LogP contribution in [0, 0.1) is 0 Å². The smallest absolute Gasteiger partial charge is 0.306 e. The topological polar surface area (TPSA) is 26.3 Å². The van der Waals surface area contributed by atoms with E-state index >= 15 is 0 Å². The summed E-state index contributed by atoms with van der Waals surface area (Å²) in [6.45, 7) is 5.60. The molecule has 0 heterocycles. The third kappa shape index (κ3) is 2.07. The van der Waals surface area contributed by atoms with Crippen LogP contribution < -0.4 is 0 Å². The molecule has 0 saturated heterocycles. The number of hydrogen-bond donors (Lipinski definition) is 0. The molecular formula is C9H14O2. The summed E-state index contributed by atoms with van der Waals surface area (Å²) in [6, 6.07) is 0. The van der Waals surface area contributed by atoms with E-state index < -0.39 is 0 Å². The Balaban J connectivity index is 2.30. The fourth-order valence-corrected chi connectivity index (χ4v) is 0.953. The molecule has 0 spiro atoms. The number of ether oxygens (including phenoxy) is 1. The summed E-state index contributed by atoms with van der Waals surface area (Å²) in [6.07, 6.45) is 5.01. The van der Waals surface area contributed by atoms with Gasteiger partial charge in [-0.3, -0.25) is 4.79 Å². The van der Waals surface area contributed by atoms with Gasteiger partial charge in [0, 0.05) is 6.42 Å². The van der Waals surface area contributed by atoms with Gasteiger partial charge in [-0.1, -0.05) is 13.5 Å². The quantitative estimate of drug-likeness (QED) is 0.457. The lowest BCUT2D eigenvalue weighted by Crippen LogP contribution is -2.16. The summed E-state index contributed by atoms with van der Waals surface area (Å²) >= 11 is 0. The Hall–Kier alpha value is -0.790. The van der Waals surface area contributed by atoms with Gasteiger partial charge in [0.25, 0.3) is 0 Å². The van der Waals surface area contributed by atoms with E-state index in [2.05, 4.69) is 6.58 Å². The summed E-state index contributed by atoms with van der Waals surface area (Å²) in [7, 11) is 0. The highest BCUT2D eigenvalue weighted by atomic mass is 16.6. The summed E-state index contributed by atoms with van der Waals surface area (Å²) in [4.78, 5) is 11.0. The summed E-state index contributed by atoms with van der Waals surface area (Å²) in [5, 5.41) is 0. The fraction of sp³-hybridized carbons (Fsp3) is 0.667. The molecule has 0 N–H and O–H groups in total. The van der Waals surface area contributed by atoms with Crippen molar-refractivity contribution in [3.05, 3.63) is 12.7 Å². The molecule has 0 bridgehead atoms. The first-order valence-electron chi connectivity index (χ1n) is 4.08. The van der Waals surface area contributed by atoms with Gasteiger partial charge in [0.15, 0.2) is 0 Å². The molecule has 0 atom stereocenters. The lowest BCUT2D eigenvalue weighted by Gasteiger charge is -2.10. The van der Waals surface area contributed by atoms with Gasteiger partial charge in [0.05, 0.1) is 0 Å². The molecule has 0 unspecified atom stereocenters. The Morgan fingerprint density at radius 2 is 2.36 bits per heavy atom. The maximum absolute atomic E-state index is 11.0. The maximum Gasteiger partial charge on any atom is 0.306 e. The molecule has 0 aromatic carbocycles. The van der Waals surface area contributed by atoms with Crippen molar-refractivity contribution in [3.63, 3.8) is 0 Å². The van der Waals surface area contributed by atoms with E-state index in [9.17, 15) is 4.79 Å². The van der Waals surface area contributed by atoms with Crippen LogP contribution in [-0.2, 0) is 9.53 Å². The Kier molecular flexibility index (Phi) is 2.32. The van der Waals surface area contributed by atoms with Crippen LogP contribution in [-0.4, -0.2) is 11.6 Å². The SMILES string of the molecule is C=CC1(OC(=O)CCC)CC1. The van der Waals surface area contributed by atoms with E-state index in [1.54, 1.807) is 6.08 Å². The van der Waals surface area contributed by atoms with Crippen LogP contribution in [0.2, 0.25) is 0 Å². The van der Waals surface area contributed by atoms with Crippen LogP contribution >= 0.6 is 0 Å². The van der Waals surface area contributed by atoms with E-state index in [0.29, 0.717) is 6.42 Å². The van der Waals surface area contributed by atoms with Crippen molar-refractivity contribution in [3.8, 4) is 0 Å². The average Bonchev–Trinajstić information content (AvgIpc) is 2.70. The Morgan fingerprint density at radius 1 is 1.73 bits per heavy atom. The van der Waals surface area contributed by atoms with E-state index in [1.807, 2.05) is 6.92 Å². The van der Waals surface area contributed by atoms with Crippen LogP contribution in [0.5, 0.6) is 0 Å². The van der Waals surface area contributed by atoms with E-state index in [1.165, 1.54) is 0 Å². The Bertz CT molecular complexity index is 168. The largest absolute Gasteiger partial charge is 0.455 e. The Morgan fingerprint density at radius 3 is 2.73 bits per heavy atom. The van der Waals surface area contributed by atoms with Crippen LogP contribution in [0.3, 0.4) is 0 Å². The second kappa shape index (κ2) is 3.07. The first kappa shape index (κ1) is 8.31. The molecule has 1 fully saturated rings. The summed E-state index contributed by atoms with van der Waals surface area (Å²) in [5.41, 5.74) is -0.272. The van der Waals surface area contributed by atoms with Gasteiger partial charge in [-0.25, -0.2) is 0 Å². The zero-order chi connectivity index (χ0) is 8.32. The zero-order valence-corrected chi connectivity index (χ0v) is 6.93. The number of carbonyl (C=O) groups is 1. The first-order valence-corrected chi connectivity index (χ1v) is 4.08. The molecule has 11 heavy (non-hydrogen) atoms. The first-order chi connectivity index (χ1) is 5.22. The third-order valence-corrected chi connectivity index (χ3v) is 1.89. The molecule has 2 nitrogen and oxygen atoms in total. The van der Waals surface area contributed by atoms with E-state index in [0.717, 1.165) is 19.3 Å². The van der Waals surface area contributed by atoms with Gasteiger partial charge in [-0.2, -0.15) is 0 Å². The summed E-state index contributed by atoms with van der Waals surface area (Å²) in [5.74, 6) is -0.0927. The minimum Gasteiger partial charge on any atom is -0.455 e. The molecule has 0 radical (unpaired) electrons. The predicted octanol–water partition coefficient (Wildman–Crippen LogP) is 2.05. The molecule has 0 aromatic rings. The van der Waals surface area contributed by atoms with Crippen molar-refractivity contribution < 1.29 is 9.53 Å². The van der Waals surface area contributed by atoms with E-state index in [4.69, 9.17) is 4.74 Å². The number of carbonyl (C=O) groups excluding carboxylic acids is 1. The van der Waals surface area contributed by atoms with Crippen molar-refractivity contribution in [2.75, 3.05) is 0 Å². The van der Waals surface area contributed by atoms with Crippen LogP contribution in [0.25, 0.3) is 0 Å². The number of hydrogen-bond acceptors (Lipinski definition) is 2. The molecule has 62 valence electrons. The van der Waals surface area contributed by atoms with Crippen LogP contribution in [0.1, 0.15) is 32.6 Å². The lowest BCUT2D eigenvalue weighted by molar-refractivity contribution is -0.148. The molecule has 1 aliphatic carbocycles. The van der Waals surface area contributed by atoms with Crippen molar-refractivity contribution in [1.82, 2.24) is 0 Å². The van der Waals surface area contributed by atoms with Crippen molar-refractivity contribution in [2.24, 2.45) is 0 Å². The van der Waals surface area contributed by atoms with Gasteiger partial charge in [-0.05, 0) is 25.3 Å². The predicted molar refractivity (Wildman–Crippen MR) is 43.2 cm³/mol. The standard InChI is InChI=1S/C9H14O2/c1-3-5-8(10)11-9(4-2)6-7-9/h4H,2-3,5-7H2,1H3.